The molecule has 2 rings (SSSR count). The smallest absolute Gasteiger partial charge is 0.248 e. The molecule has 0 bridgehead atoms. The molecule has 1 heterocycles. The fraction of sp³-hybridized carbons (Fsp3) is 0.333. The second kappa shape index (κ2) is 7.84. The van der Waals surface area contributed by atoms with Gasteiger partial charge in [-0.25, -0.2) is 13.1 Å². The third-order valence-electron chi connectivity index (χ3n) is 3.45. The van der Waals surface area contributed by atoms with E-state index in [9.17, 15) is 13.2 Å². The van der Waals surface area contributed by atoms with Crippen LogP contribution in [0.3, 0.4) is 0 Å². The maximum absolute atomic E-state index is 12.4. The van der Waals surface area contributed by atoms with E-state index in [-0.39, 0.29) is 4.90 Å². The van der Waals surface area contributed by atoms with Crippen LogP contribution in [-0.4, -0.2) is 29.6 Å². The van der Waals surface area contributed by atoms with Crippen molar-refractivity contribution in [2.24, 2.45) is 7.05 Å². The largest absolute Gasteiger partial charge is 0.322 e. The van der Waals surface area contributed by atoms with E-state index in [4.69, 9.17) is 11.6 Å². The highest BCUT2D eigenvalue weighted by Crippen LogP contribution is 2.21. The van der Waals surface area contributed by atoms with Crippen LogP contribution in [0.1, 0.15) is 32.0 Å². The number of sulfonamides is 1. The van der Waals surface area contributed by atoms with Crippen LogP contribution in [0.25, 0.3) is 6.08 Å². The molecule has 0 radical (unpaired) electrons. The van der Waals surface area contributed by atoms with Crippen LogP contribution in [0.2, 0.25) is 5.15 Å². The molecule has 0 unspecified atom stereocenters. The van der Waals surface area contributed by atoms with Gasteiger partial charge in [0.2, 0.25) is 15.9 Å². The van der Waals surface area contributed by atoms with Gasteiger partial charge in [0.25, 0.3) is 0 Å². The Morgan fingerprint density at radius 2 is 1.96 bits per heavy atom. The number of rotatable bonds is 5. The Balaban J connectivity index is 2.16. The summed E-state index contributed by atoms with van der Waals surface area (Å²) in [6, 6.07) is 6.06. The molecule has 0 saturated heterocycles. The van der Waals surface area contributed by atoms with Crippen molar-refractivity contribution in [1.29, 1.82) is 0 Å². The van der Waals surface area contributed by atoms with E-state index in [0.717, 1.165) is 0 Å². The topological polar surface area (TPSA) is 93.1 Å². The molecule has 27 heavy (non-hydrogen) atoms. The number of hydrogen-bond donors (Lipinski definition) is 2. The molecule has 0 atom stereocenters. The third kappa shape index (κ3) is 5.66. The summed E-state index contributed by atoms with van der Waals surface area (Å²) in [7, 11) is -1.98. The van der Waals surface area contributed by atoms with Gasteiger partial charge >= 0.3 is 0 Å². The molecule has 1 aromatic heterocycles. The molecule has 0 aliphatic carbocycles. The summed E-state index contributed by atoms with van der Waals surface area (Å²) in [6.45, 7) is 7.06. The van der Waals surface area contributed by atoms with Gasteiger partial charge in [0.15, 0.2) is 0 Å². The summed E-state index contributed by atoms with van der Waals surface area (Å²) >= 11 is 6.13. The quantitative estimate of drug-likeness (QED) is 0.740. The van der Waals surface area contributed by atoms with Gasteiger partial charge in [0.1, 0.15) is 5.15 Å². The fourth-order valence-corrected chi connectivity index (χ4v) is 4.08. The molecular formula is C18H23ClN4O3S. The number of aryl methyl sites for hydroxylation is 2. The minimum atomic E-state index is -3.69. The lowest BCUT2D eigenvalue weighted by Gasteiger charge is -2.20. The van der Waals surface area contributed by atoms with Crippen molar-refractivity contribution in [2.45, 2.75) is 38.1 Å². The summed E-state index contributed by atoms with van der Waals surface area (Å²) in [4.78, 5) is 12.2. The second-order valence-corrected chi connectivity index (χ2v) is 9.16. The number of amides is 1. The van der Waals surface area contributed by atoms with Crippen LogP contribution < -0.4 is 10.0 Å². The van der Waals surface area contributed by atoms with Crippen molar-refractivity contribution in [3.63, 3.8) is 0 Å². The van der Waals surface area contributed by atoms with Gasteiger partial charge in [-0.2, -0.15) is 5.10 Å². The third-order valence-corrected chi connectivity index (χ3v) is 5.65. The first kappa shape index (κ1) is 21.1. The van der Waals surface area contributed by atoms with Crippen LogP contribution in [0.15, 0.2) is 35.2 Å². The molecule has 2 N–H and O–H groups in total. The molecular weight excluding hydrogens is 388 g/mol. The van der Waals surface area contributed by atoms with E-state index in [0.29, 0.717) is 22.1 Å². The lowest BCUT2D eigenvalue weighted by molar-refractivity contribution is -0.111. The zero-order valence-electron chi connectivity index (χ0n) is 15.9. The molecule has 0 saturated carbocycles. The molecule has 7 nitrogen and oxygen atoms in total. The standard InChI is InChI=1S/C18H23ClN4O3S/c1-12-15(17(19)23(5)21-12)9-10-16(24)20-13-7-6-8-14(11-13)27(25,26)22-18(2,3)4/h6-11,22H,1-5H3,(H,20,24)/b10-9+. The summed E-state index contributed by atoms with van der Waals surface area (Å²) in [5.41, 5.74) is 1.12. The average Bonchev–Trinajstić information content (AvgIpc) is 2.76. The van der Waals surface area contributed by atoms with E-state index in [1.807, 2.05) is 0 Å². The summed E-state index contributed by atoms with van der Waals surface area (Å²) in [6.07, 6.45) is 2.90. The first-order valence-corrected chi connectivity index (χ1v) is 10.1. The van der Waals surface area contributed by atoms with Crippen molar-refractivity contribution < 1.29 is 13.2 Å². The van der Waals surface area contributed by atoms with Crippen LogP contribution in [0, 0.1) is 6.92 Å². The molecule has 1 aromatic carbocycles. The number of aromatic nitrogens is 2. The van der Waals surface area contributed by atoms with Crippen LogP contribution in [0.5, 0.6) is 0 Å². The predicted molar refractivity (Wildman–Crippen MR) is 107 cm³/mol. The van der Waals surface area contributed by atoms with Gasteiger partial charge in [0, 0.05) is 29.9 Å². The summed E-state index contributed by atoms with van der Waals surface area (Å²) in [5, 5.41) is 7.24. The van der Waals surface area contributed by atoms with Gasteiger partial charge in [-0.3, -0.25) is 9.48 Å². The zero-order chi connectivity index (χ0) is 20.4. The molecule has 9 heteroatoms. The SMILES string of the molecule is Cc1nn(C)c(Cl)c1/C=C/C(=O)Nc1cccc(S(=O)(=O)NC(C)(C)C)c1. The maximum Gasteiger partial charge on any atom is 0.248 e. The van der Waals surface area contributed by atoms with Gasteiger partial charge in [0.05, 0.1) is 10.6 Å². The molecule has 146 valence electrons. The van der Waals surface area contributed by atoms with Crippen molar-refractivity contribution in [3.05, 3.63) is 46.8 Å². The zero-order valence-corrected chi connectivity index (χ0v) is 17.4. The lowest BCUT2D eigenvalue weighted by Crippen LogP contribution is -2.40. The molecule has 1 amide bonds. The van der Waals surface area contributed by atoms with Crippen molar-refractivity contribution >= 4 is 39.3 Å². The first-order chi connectivity index (χ1) is 12.4. The number of hydrogen-bond acceptors (Lipinski definition) is 4. The Morgan fingerprint density at radius 1 is 1.30 bits per heavy atom. The predicted octanol–water partition coefficient (Wildman–Crippen LogP) is 3.11. The number of benzene rings is 1. The Labute approximate surface area is 164 Å². The van der Waals surface area contributed by atoms with Crippen LogP contribution in [-0.2, 0) is 21.9 Å². The van der Waals surface area contributed by atoms with E-state index < -0.39 is 21.5 Å². The Morgan fingerprint density at radius 3 is 2.52 bits per heavy atom. The number of halogens is 1. The molecule has 0 fully saturated rings. The number of nitrogens with one attached hydrogen (secondary N) is 2. The summed E-state index contributed by atoms with van der Waals surface area (Å²) in [5.74, 6) is -0.410. The van der Waals surface area contributed by atoms with E-state index in [2.05, 4.69) is 15.1 Å². The number of carbonyl (C=O) groups excluding carboxylic acids is 1. The molecule has 2 aromatic rings. The number of carbonyl (C=O) groups is 1. The highest BCUT2D eigenvalue weighted by molar-refractivity contribution is 7.89. The Bertz CT molecular complexity index is 989. The maximum atomic E-state index is 12.4. The minimum absolute atomic E-state index is 0.0744. The minimum Gasteiger partial charge on any atom is -0.322 e. The van der Waals surface area contributed by atoms with Crippen molar-refractivity contribution in [1.82, 2.24) is 14.5 Å². The van der Waals surface area contributed by atoms with E-state index in [1.54, 1.807) is 53.0 Å². The molecule has 0 aliphatic heterocycles. The van der Waals surface area contributed by atoms with Crippen molar-refractivity contribution in [3.8, 4) is 0 Å². The number of nitrogens with zero attached hydrogens (tertiary/aromatic N) is 2. The lowest BCUT2D eigenvalue weighted by atomic mass is 10.1. The number of anilines is 1. The van der Waals surface area contributed by atoms with Gasteiger partial charge in [-0.1, -0.05) is 17.7 Å². The van der Waals surface area contributed by atoms with Gasteiger partial charge in [-0.05, 0) is 52.0 Å². The second-order valence-electron chi connectivity index (χ2n) is 7.12. The van der Waals surface area contributed by atoms with Crippen molar-refractivity contribution in [2.75, 3.05) is 5.32 Å². The van der Waals surface area contributed by atoms with Crippen LogP contribution in [0.4, 0.5) is 5.69 Å². The molecule has 0 aliphatic rings. The van der Waals surface area contributed by atoms with Crippen LogP contribution >= 0.6 is 11.6 Å². The summed E-state index contributed by atoms with van der Waals surface area (Å²) < 4.78 is 28.9. The highest BCUT2D eigenvalue weighted by Gasteiger charge is 2.22. The van der Waals surface area contributed by atoms with E-state index >= 15 is 0 Å². The normalized spacial score (nSPS) is 12.5. The molecule has 0 spiro atoms. The Hall–Kier alpha value is -2.16. The highest BCUT2D eigenvalue weighted by atomic mass is 35.5. The van der Waals surface area contributed by atoms with Gasteiger partial charge < -0.3 is 5.32 Å². The Kier molecular flexibility index (Phi) is 6.14. The monoisotopic (exact) mass is 410 g/mol. The average molecular weight is 411 g/mol. The fourth-order valence-electron chi connectivity index (χ4n) is 2.38. The van der Waals surface area contributed by atoms with E-state index in [1.165, 1.54) is 22.9 Å². The first-order valence-electron chi connectivity index (χ1n) is 8.21. The van der Waals surface area contributed by atoms with Gasteiger partial charge in [-0.15, -0.1) is 0 Å².